The third-order valence-electron chi connectivity index (χ3n) is 3.65. The molecule has 0 spiro atoms. The van der Waals surface area contributed by atoms with Crippen LogP contribution in [0, 0.1) is 10.1 Å². The number of non-ortho nitro benzene ring substituents is 1. The number of hydrogen-bond acceptors (Lipinski definition) is 8. The maximum atomic E-state index is 11.8. The first-order chi connectivity index (χ1) is 12.8. The van der Waals surface area contributed by atoms with E-state index in [1.54, 1.807) is 12.1 Å². The molecule has 1 heterocycles. The van der Waals surface area contributed by atoms with Gasteiger partial charge in [-0.1, -0.05) is 12.1 Å². The summed E-state index contributed by atoms with van der Waals surface area (Å²) >= 11 is 0. The Morgan fingerprint density at radius 2 is 1.81 bits per heavy atom. The number of nitro benzene ring substituents is 1. The molecule has 1 saturated heterocycles. The molecular weight excluding hydrogens is 362 g/mol. The number of nitrogens with one attached hydrogen (secondary N) is 1. The van der Waals surface area contributed by atoms with Gasteiger partial charge in [0.1, 0.15) is 6.04 Å². The lowest BCUT2D eigenvalue weighted by Crippen LogP contribution is -2.43. The Labute approximate surface area is 153 Å². The zero-order chi connectivity index (χ0) is 20.0. The molecular formula is C16H17N3O8. The average Bonchev–Trinajstić information content (AvgIpc) is 2.94. The van der Waals surface area contributed by atoms with Crippen molar-refractivity contribution in [2.45, 2.75) is 32.2 Å². The van der Waals surface area contributed by atoms with Crippen molar-refractivity contribution in [2.24, 2.45) is 0 Å². The zero-order valence-corrected chi connectivity index (χ0v) is 14.4. The highest BCUT2D eigenvalue weighted by molar-refractivity contribution is 6.01. The smallest absolute Gasteiger partial charge is 0.407 e. The van der Waals surface area contributed by atoms with Crippen molar-refractivity contribution < 1.29 is 33.7 Å². The van der Waals surface area contributed by atoms with Crippen molar-refractivity contribution in [1.82, 2.24) is 10.4 Å². The number of imide groups is 1. The number of benzene rings is 1. The van der Waals surface area contributed by atoms with Crippen molar-refractivity contribution in [3.8, 4) is 0 Å². The van der Waals surface area contributed by atoms with Gasteiger partial charge in [-0.05, 0) is 12.5 Å². The van der Waals surface area contributed by atoms with Crippen molar-refractivity contribution in [2.75, 3.05) is 6.61 Å². The van der Waals surface area contributed by atoms with E-state index in [4.69, 9.17) is 4.74 Å². The summed E-state index contributed by atoms with van der Waals surface area (Å²) in [5.41, 5.74) is 0.687. The van der Waals surface area contributed by atoms with E-state index < -0.39 is 34.8 Å². The molecule has 0 saturated carbocycles. The molecule has 11 heteroatoms. The molecule has 27 heavy (non-hydrogen) atoms. The summed E-state index contributed by atoms with van der Waals surface area (Å²) < 4.78 is 4.92. The van der Waals surface area contributed by atoms with Crippen LogP contribution in [0.2, 0.25) is 0 Å². The quantitative estimate of drug-likeness (QED) is 0.417. The average molecular weight is 379 g/mol. The third kappa shape index (κ3) is 5.49. The first-order valence-corrected chi connectivity index (χ1v) is 8.02. The van der Waals surface area contributed by atoms with Gasteiger partial charge < -0.3 is 14.9 Å². The summed E-state index contributed by atoms with van der Waals surface area (Å²) in [4.78, 5) is 61.0. The van der Waals surface area contributed by atoms with E-state index in [1.165, 1.54) is 19.1 Å². The van der Waals surface area contributed by atoms with Crippen LogP contribution in [0.25, 0.3) is 0 Å². The van der Waals surface area contributed by atoms with Crippen LogP contribution in [0.4, 0.5) is 10.5 Å². The van der Waals surface area contributed by atoms with Crippen LogP contribution >= 0.6 is 0 Å². The minimum atomic E-state index is -1.14. The van der Waals surface area contributed by atoms with E-state index in [1.807, 2.05) is 0 Å². The fraction of sp³-hybridized carbons (Fsp3) is 0.375. The number of amides is 3. The number of hydrogen-bond donors (Lipinski definition) is 1. The molecule has 0 aromatic heterocycles. The first kappa shape index (κ1) is 19.8. The Hall–Kier alpha value is -3.50. The standard InChI is InChI=1S/C16H17N3O8/c1-10(15(22)27-18-13(20)6-7-14(18)21)17-16(23)26-9-8-11-2-4-12(5-3-11)19(24)25/h2-5,10H,6-9H2,1H3,(H,17,23)/t10-/m0/s1. The number of nitrogens with zero attached hydrogens (tertiary/aromatic N) is 2. The Morgan fingerprint density at radius 3 is 2.37 bits per heavy atom. The summed E-state index contributed by atoms with van der Waals surface area (Å²) in [6.45, 7) is 1.29. The second-order valence-corrected chi connectivity index (χ2v) is 5.67. The van der Waals surface area contributed by atoms with Crippen molar-refractivity contribution in [3.63, 3.8) is 0 Å². The first-order valence-electron chi connectivity index (χ1n) is 8.02. The lowest BCUT2D eigenvalue weighted by atomic mass is 10.1. The Bertz CT molecular complexity index is 745. The molecule has 1 aliphatic rings. The van der Waals surface area contributed by atoms with Gasteiger partial charge in [0.15, 0.2) is 0 Å². The van der Waals surface area contributed by atoms with Gasteiger partial charge in [0.25, 0.3) is 17.5 Å². The maximum Gasteiger partial charge on any atom is 0.407 e. The molecule has 3 amide bonds. The fourth-order valence-electron chi connectivity index (χ4n) is 2.15. The van der Waals surface area contributed by atoms with E-state index in [0.29, 0.717) is 11.5 Å². The van der Waals surface area contributed by atoms with Crippen LogP contribution in [0.1, 0.15) is 25.3 Å². The topological polar surface area (TPSA) is 145 Å². The number of hydroxylamine groups is 2. The summed E-state index contributed by atoms with van der Waals surface area (Å²) in [7, 11) is 0. The van der Waals surface area contributed by atoms with Crippen LogP contribution in [-0.4, -0.2) is 46.5 Å². The maximum absolute atomic E-state index is 11.8. The van der Waals surface area contributed by atoms with Crippen LogP contribution in [-0.2, 0) is 30.4 Å². The van der Waals surface area contributed by atoms with Gasteiger partial charge in [0.2, 0.25) is 0 Å². The number of carbonyl (C=O) groups excluding carboxylic acids is 4. The Kier molecular flexibility index (Phi) is 6.41. The molecule has 1 aromatic carbocycles. The summed E-state index contributed by atoms with van der Waals surface area (Å²) in [5.74, 6) is -2.22. The lowest BCUT2D eigenvalue weighted by Gasteiger charge is -2.17. The van der Waals surface area contributed by atoms with Crippen molar-refractivity contribution in [1.29, 1.82) is 0 Å². The van der Waals surface area contributed by atoms with E-state index in [2.05, 4.69) is 10.2 Å². The fourth-order valence-corrected chi connectivity index (χ4v) is 2.15. The molecule has 1 fully saturated rings. The van der Waals surface area contributed by atoms with E-state index in [0.717, 1.165) is 5.56 Å². The number of rotatable bonds is 7. The normalized spacial score (nSPS) is 14.6. The lowest BCUT2D eigenvalue weighted by molar-refractivity contribution is -0.384. The van der Waals surface area contributed by atoms with Crippen LogP contribution in [0.5, 0.6) is 0 Å². The van der Waals surface area contributed by atoms with Crippen LogP contribution < -0.4 is 5.32 Å². The molecule has 2 rings (SSSR count). The number of alkyl carbamates (subject to hydrolysis) is 1. The predicted octanol–water partition coefficient (Wildman–Crippen LogP) is 0.859. The predicted molar refractivity (Wildman–Crippen MR) is 87.9 cm³/mol. The summed E-state index contributed by atoms with van der Waals surface area (Å²) in [6, 6.07) is 4.63. The van der Waals surface area contributed by atoms with Crippen molar-refractivity contribution in [3.05, 3.63) is 39.9 Å². The SMILES string of the molecule is C[C@H](NC(=O)OCCc1ccc([N+](=O)[O-])cc1)C(=O)ON1C(=O)CCC1=O. The Morgan fingerprint density at radius 1 is 1.22 bits per heavy atom. The second-order valence-electron chi connectivity index (χ2n) is 5.67. The highest BCUT2D eigenvalue weighted by Gasteiger charge is 2.34. The second kappa shape index (κ2) is 8.74. The highest BCUT2D eigenvalue weighted by atomic mass is 16.7. The van der Waals surface area contributed by atoms with E-state index in [9.17, 15) is 29.3 Å². The molecule has 1 atom stereocenters. The van der Waals surface area contributed by atoms with E-state index >= 15 is 0 Å². The Balaban J connectivity index is 1.72. The number of nitro groups is 1. The van der Waals surface area contributed by atoms with Crippen LogP contribution in [0.3, 0.4) is 0 Å². The van der Waals surface area contributed by atoms with Crippen LogP contribution in [0.15, 0.2) is 24.3 Å². The summed E-state index contributed by atoms with van der Waals surface area (Å²) in [6.07, 6.45) is -0.626. The summed E-state index contributed by atoms with van der Waals surface area (Å²) in [5, 5.41) is 13.2. The number of ether oxygens (including phenoxy) is 1. The molecule has 144 valence electrons. The minimum absolute atomic E-state index is 0.0193. The van der Waals surface area contributed by atoms with Gasteiger partial charge in [-0.25, -0.2) is 9.59 Å². The van der Waals surface area contributed by atoms with Gasteiger partial charge in [0, 0.05) is 31.4 Å². The molecule has 1 aromatic rings. The van der Waals surface area contributed by atoms with Gasteiger partial charge in [-0.3, -0.25) is 19.7 Å². The van der Waals surface area contributed by atoms with Gasteiger partial charge in [-0.2, -0.15) is 0 Å². The molecule has 0 unspecified atom stereocenters. The largest absolute Gasteiger partial charge is 0.449 e. The third-order valence-corrected chi connectivity index (χ3v) is 3.65. The minimum Gasteiger partial charge on any atom is -0.449 e. The zero-order valence-electron chi connectivity index (χ0n) is 14.4. The van der Waals surface area contributed by atoms with Gasteiger partial charge >= 0.3 is 12.1 Å². The monoisotopic (exact) mass is 379 g/mol. The highest BCUT2D eigenvalue weighted by Crippen LogP contribution is 2.13. The number of carbonyl (C=O) groups is 4. The van der Waals surface area contributed by atoms with E-state index in [-0.39, 0.29) is 25.1 Å². The molecule has 0 radical (unpaired) electrons. The van der Waals surface area contributed by atoms with Gasteiger partial charge in [-0.15, -0.1) is 5.06 Å². The molecule has 11 nitrogen and oxygen atoms in total. The van der Waals surface area contributed by atoms with Crippen molar-refractivity contribution >= 4 is 29.6 Å². The molecule has 1 aliphatic heterocycles. The molecule has 0 aliphatic carbocycles. The van der Waals surface area contributed by atoms with Gasteiger partial charge in [0.05, 0.1) is 11.5 Å². The molecule has 1 N–H and O–H groups in total. The molecule has 0 bridgehead atoms.